The highest BCUT2D eigenvalue weighted by atomic mass is 35.5. The molecule has 0 saturated carbocycles. The lowest BCUT2D eigenvalue weighted by Gasteiger charge is -2.12. The van der Waals surface area contributed by atoms with Gasteiger partial charge in [-0.05, 0) is 91.7 Å². The van der Waals surface area contributed by atoms with Crippen molar-refractivity contribution in [2.45, 2.75) is 97.1 Å². The lowest BCUT2D eigenvalue weighted by atomic mass is 9.97. The van der Waals surface area contributed by atoms with Crippen molar-refractivity contribution in [2.24, 2.45) is 11.5 Å². The number of aliphatic hydroxyl groups excluding tert-OH is 1. The van der Waals surface area contributed by atoms with Gasteiger partial charge in [-0.15, -0.1) is 0 Å². The van der Waals surface area contributed by atoms with Crippen molar-refractivity contribution in [3.8, 4) is 0 Å². The van der Waals surface area contributed by atoms with Crippen LogP contribution in [0.2, 0.25) is 10.0 Å². The van der Waals surface area contributed by atoms with Crippen LogP contribution in [0, 0.1) is 11.6 Å². The van der Waals surface area contributed by atoms with Crippen molar-refractivity contribution in [3.05, 3.63) is 68.2 Å². The van der Waals surface area contributed by atoms with Crippen molar-refractivity contribution in [1.82, 2.24) is 0 Å². The van der Waals surface area contributed by atoms with Gasteiger partial charge in [-0.3, -0.25) is 0 Å². The summed E-state index contributed by atoms with van der Waals surface area (Å²) in [5, 5.41) is 9.25. The normalized spacial score (nSPS) is 13.1. The summed E-state index contributed by atoms with van der Waals surface area (Å²) in [6.07, 6.45) is 5.31. The summed E-state index contributed by atoms with van der Waals surface area (Å²) >= 11 is 11.8. The number of hydrogen-bond donors (Lipinski definition) is 3. The number of rotatable bonds is 11. The van der Waals surface area contributed by atoms with Crippen molar-refractivity contribution < 1.29 is 13.9 Å². The summed E-state index contributed by atoms with van der Waals surface area (Å²) < 4.78 is 27.5. The summed E-state index contributed by atoms with van der Waals surface area (Å²) in [7, 11) is 0. The summed E-state index contributed by atoms with van der Waals surface area (Å²) in [6.45, 7) is 9.83. The molecule has 0 aliphatic rings. The van der Waals surface area contributed by atoms with Crippen LogP contribution in [-0.2, 0) is 12.8 Å². The van der Waals surface area contributed by atoms with E-state index >= 15 is 0 Å². The topological polar surface area (TPSA) is 72.3 Å². The van der Waals surface area contributed by atoms with Gasteiger partial charge >= 0.3 is 0 Å². The Morgan fingerprint density at radius 3 is 1.49 bits per heavy atom. The molecule has 0 aliphatic carbocycles. The first-order valence-corrected chi connectivity index (χ1v) is 13.2. The van der Waals surface area contributed by atoms with E-state index in [2.05, 4.69) is 0 Å². The fourth-order valence-electron chi connectivity index (χ4n) is 3.75. The Morgan fingerprint density at radius 1 is 0.743 bits per heavy atom. The largest absolute Gasteiger partial charge is 0.395 e. The van der Waals surface area contributed by atoms with E-state index in [1.54, 1.807) is 12.1 Å². The van der Waals surface area contributed by atoms with E-state index in [-0.39, 0.29) is 52.2 Å². The fourth-order valence-corrected chi connectivity index (χ4v) is 4.25. The molecule has 2 aromatic rings. The molecule has 0 bridgehead atoms. The Hall–Kier alpha value is -1.24. The first kappa shape index (κ1) is 31.8. The van der Waals surface area contributed by atoms with Gasteiger partial charge in [0.05, 0.1) is 16.7 Å². The van der Waals surface area contributed by atoms with Gasteiger partial charge in [-0.2, -0.15) is 0 Å². The molecule has 0 fully saturated rings. The standard InChI is InChI=1S/C14H21ClFNO.C14H21ClFN/c1-9(2)12-6-10(7-13(15)14(12)16)4-3-5-11(17)8-18;1-9(2)12-7-11(6-4-5-10(3)17)8-13(15)14(12)16/h6-7,9,11,18H,3-5,8,17H2,1-2H3;7-10H,4-6,17H2,1-3H3/t11-;10-/m10/s1. The van der Waals surface area contributed by atoms with Crippen LogP contribution in [0.15, 0.2) is 24.3 Å². The number of aliphatic hydroxyl groups is 1. The predicted molar refractivity (Wildman–Crippen MR) is 146 cm³/mol. The smallest absolute Gasteiger partial charge is 0.145 e. The molecule has 2 atom stereocenters. The molecule has 0 spiro atoms. The van der Waals surface area contributed by atoms with Crippen molar-refractivity contribution >= 4 is 23.2 Å². The third-order valence-corrected chi connectivity index (χ3v) is 6.43. The Labute approximate surface area is 220 Å². The van der Waals surface area contributed by atoms with Crippen LogP contribution in [0.1, 0.15) is 94.4 Å². The maximum absolute atomic E-state index is 13.8. The number of nitrogens with two attached hydrogens (primary N) is 2. The number of benzene rings is 2. The summed E-state index contributed by atoms with van der Waals surface area (Å²) in [4.78, 5) is 0. The van der Waals surface area contributed by atoms with Gasteiger partial charge in [0.15, 0.2) is 0 Å². The zero-order valence-corrected chi connectivity index (χ0v) is 23.2. The van der Waals surface area contributed by atoms with Crippen LogP contribution < -0.4 is 11.5 Å². The molecule has 0 saturated heterocycles. The molecule has 5 N–H and O–H groups in total. The van der Waals surface area contributed by atoms with Crippen LogP contribution in [0.25, 0.3) is 0 Å². The highest BCUT2D eigenvalue weighted by Gasteiger charge is 2.13. The first-order valence-electron chi connectivity index (χ1n) is 12.4. The minimum atomic E-state index is -0.317. The van der Waals surface area contributed by atoms with E-state index in [1.807, 2.05) is 46.8 Å². The quantitative estimate of drug-likeness (QED) is 0.281. The van der Waals surface area contributed by atoms with E-state index in [0.29, 0.717) is 11.1 Å². The van der Waals surface area contributed by atoms with E-state index in [4.69, 9.17) is 39.8 Å². The second kappa shape index (κ2) is 15.8. The zero-order chi connectivity index (χ0) is 26.7. The minimum Gasteiger partial charge on any atom is -0.395 e. The van der Waals surface area contributed by atoms with Crippen LogP contribution in [-0.4, -0.2) is 23.8 Å². The van der Waals surface area contributed by atoms with Crippen molar-refractivity contribution in [1.29, 1.82) is 0 Å². The average molecular weight is 532 g/mol. The molecule has 0 aliphatic heterocycles. The molecule has 0 radical (unpaired) electrons. The van der Waals surface area contributed by atoms with Crippen LogP contribution in [0.3, 0.4) is 0 Å². The van der Waals surface area contributed by atoms with Crippen molar-refractivity contribution in [2.75, 3.05) is 6.61 Å². The molecule has 3 nitrogen and oxygen atoms in total. The first-order chi connectivity index (χ1) is 16.4. The van der Waals surface area contributed by atoms with E-state index in [0.717, 1.165) is 49.7 Å². The Morgan fingerprint density at radius 2 is 1.14 bits per heavy atom. The van der Waals surface area contributed by atoms with Gasteiger partial charge in [-0.25, -0.2) is 8.78 Å². The molecule has 0 unspecified atom stereocenters. The predicted octanol–water partition coefficient (Wildman–Crippen LogP) is 7.52. The molecule has 7 heteroatoms. The second-order valence-corrected chi connectivity index (χ2v) is 10.8. The van der Waals surface area contributed by atoms with Crippen LogP contribution >= 0.6 is 23.2 Å². The number of hydrogen-bond acceptors (Lipinski definition) is 3. The summed E-state index contributed by atoms with van der Waals surface area (Å²) in [5.74, 6) is -0.330. The molecule has 0 aromatic heterocycles. The molecule has 0 heterocycles. The van der Waals surface area contributed by atoms with Gasteiger partial charge < -0.3 is 16.6 Å². The maximum Gasteiger partial charge on any atom is 0.145 e. The molecule has 2 aromatic carbocycles. The molecule has 198 valence electrons. The third kappa shape index (κ3) is 11.1. The van der Waals surface area contributed by atoms with Gasteiger partial charge in [0.1, 0.15) is 11.6 Å². The SMILES string of the molecule is CC(C)c1cc(CCC[C@@H](N)CO)cc(Cl)c1F.CC(C)c1cc(CCC[C@H](C)N)cc(Cl)c1F. The van der Waals surface area contributed by atoms with Gasteiger partial charge in [-0.1, -0.05) is 63.0 Å². The van der Waals surface area contributed by atoms with Gasteiger partial charge in [0.25, 0.3) is 0 Å². The minimum absolute atomic E-state index is 0.00141. The molecule has 0 amide bonds. The summed E-state index contributed by atoms with van der Waals surface area (Å²) in [6, 6.07) is 7.24. The zero-order valence-electron chi connectivity index (χ0n) is 21.7. The number of aryl methyl sites for hydroxylation is 2. The van der Waals surface area contributed by atoms with Crippen molar-refractivity contribution in [3.63, 3.8) is 0 Å². The molecule has 2 rings (SSSR count). The van der Waals surface area contributed by atoms with Gasteiger partial charge in [0.2, 0.25) is 0 Å². The Kier molecular flexibility index (Phi) is 14.3. The summed E-state index contributed by atoms with van der Waals surface area (Å²) in [5.41, 5.74) is 14.8. The second-order valence-electron chi connectivity index (χ2n) is 9.98. The Bertz CT molecular complexity index is 920. The van der Waals surface area contributed by atoms with E-state index in [1.165, 1.54) is 0 Å². The lowest BCUT2D eigenvalue weighted by molar-refractivity contribution is 0.258. The molecular weight excluding hydrogens is 489 g/mol. The lowest BCUT2D eigenvalue weighted by Crippen LogP contribution is -2.24. The average Bonchev–Trinajstić information content (AvgIpc) is 2.77. The monoisotopic (exact) mass is 530 g/mol. The van der Waals surface area contributed by atoms with Gasteiger partial charge in [0, 0.05) is 12.1 Å². The van der Waals surface area contributed by atoms with Crippen LogP contribution in [0.4, 0.5) is 8.78 Å². The van der Waals surface area contributed by atoms with E-state index in [9.17, 15) is 8.78 Å². The van der Waals surface area contributed by atoms with Crippen LogP contribution in [0.5, 0.6) is 0 Å². The highest BCUT2D eigenvalue weighted by Crippen LogP contribution is 2.28. The fraction of sp³-hybridized carbons (Fsp3) is 0.571. The molecule has 35 heavy (non-hydrogen) atoms. The third-order valence-electron chi connectivity index (χ3n) is 5.88. The highest BCUT2D eigenvalue weighted by molar-refractivity contribution is 6.31. The Balaban J connectivity index is 0.000000351. The number of halogens is 4. The van der Waals surface area contributed by atoms with E-state index < -0.39 is 0 Å². The maximum atomic E-state index is 13.8. The molecular formula is C28H42Cl2F2N2O.